The molecule has 10 heteroatoms. The maximum Gasteiger partial charge on any atom is 0.264 e. The molecule has 3 rings (SSSR count). The Morgan fingerprint density at radius 2 is 1.69 bits per heavy atom. The minimum Gasteiger partial charge on any atom is -0.508 e. The highest BCUT2D eigenvalue weighted by Gasteiger charge is 2.27. The normalized spacial score (nSPS) is 11.7. The van der Waals surface area contributed by atoms with Gasteiger partial charge in [-0.25, -0.2) is 13.8 Å². The molecule has 3 aromatic rings. The third kappa shape index (κ3) is 6.30. The van der Waals surface area contributed by atoms with Crippen LogP contribution in [0.25, 0.3) is 0 Å². The van der Waals surface area contributed by atoms with E-state index < -0.39 is 22.5 Å². The first-order valence-corrected chi connectivity index (χ1v) is 12.2. The molecule has 0 saturated carbocycles. The van der Waals surface area contributed by atoms with Crippen LogP contribution in [0.5, 0.6) is 17.2 Å². The van der Waals surface area contributed by atoms with Crippen molar-refractivity contribution in [1.29, 1.82) is 0 Å². The van der Waals surface area contributed by atoms with Crippen LogP contribution in [0.1, 0.15) is 25.0 Å². The largest absolute Gasteiger partial charge is 0.508 e. The Kier molecular flexibility index (Phi) is 7.98. The zero-order chi connectivity index (χ0) is 25.6. The number of hydrazone groups is 1. The van der Waals surface area contributed by atoms with Crippen LogP contribution in [0.4, 0.5) is 5.69 Å². The van der Waals surface area contributed by atoms with Crippen molar-refractivity contribution >= 4 is 27.3 Å². The Hall–Kier alpha value is -4.05. The van der Waals surface area contributed by atoms with Gasteiger partial charge in [0.1, 0.15) is 23.8 Å². The first-order chi connectivity index (χ1) is 16.6. The summed E-state index contributed by atoms with van der Waals surface area (Å²) in [5.41, 5.74) is 4.16. The highest BCUT2D eigenvalue weighted by atomic mass is 32.2. The van der Waals surface area contributed by atoms with E-state index in [9.17, 15) is 23.4 Å². The third-order valence-corrected chi connectivity index (χ3v) is 6.84. The molecule has 0 saturated heterocycles. The summed E-state index contributed by atoms with van der Waals surface area (Å²) >= 11 is 0. The lowest BCUT2D eigenvalue weighted by Gasteiger charge is -2.24. The number of carbonyl (C=O) groups excluding carboxylic acids is 1. The molecule has 0 atom stereocenters. The molecule has 1 amide bonds. The van der Waals surface area contributed by atoms with Crippen LogP contribution in [-0.4, -0.2) is 43.4 Å². The number of rotatable bonds is 9. The van der Waals surface area contributed by atoms with Crippen LogP contribution in [0.2, 0.25) is 0 Å². The first-order valence-electron chi connectivity index (χ1n) is 10.8. The number of anilines is 1. The van der Waals surface area contributed by atoms with Gasteiger partial charge in [-0.1, -0.05) is 17.7 Å². The molecule has 0 aromatic heterocycles. The van der Waals surface area contributed by atoms with Crippen LogP contribution < -0.4 is 14.5 Å². The molecule has 0 spiro atoms. The molecule has 35 heavy (non-hydrogen) atoms. The number of hydrogen-bond acceptors (Lipinski definition) is 7. The summed E-state index contributed by atoms with van der Waals surface area (Å²) in [5.74, 6) is -0.470. The fourth-order valence-electron chi connectivity index (χ4n) is 3.23. The summed E-state index contributed by atoms with van der Waals surface area (Å²) < 4.78 is 33.3. The number of aryl methyl sites for hydroxylation is 1. The topological polar surface area (TPSA) is 129 Å². The fourth-order valence-corrected chi connectivity index (χ4v) is 4.65. The van der Waals surface area contributed by atoms with Gasteiger partial charge in [0.15, 0.2) is 0 Å². The number of hydrogen-bond donors (Lipinski definition) is 3. The highest BCUT2D eigenvalue weighted by molar-refractivity contribution is 7.92. The van der Waals surface area contributed by atoms with Crippen LogP contribution in [0.3, 0.4) is 0 Å². The van der Waals surface area contributed by atoms with Crippen LogP contribution in [0.15, 0.2) is 76.7 Å². The van der Waals surface area contributed by atoms with Crippen molar-refractivity contribution in [2.75, 3.05) is 17.5 Å². The summed E-state index contributed by atoms with van der Waals surface area (Å²) in [6.07, 6.45) is 0. The van der Waals surface area contributed by atoms with E-state index in [1.54, 1.807) is 43.3 Å². The van der Waals surface area contributed by atoms with E-state index in [-0.39, 0.29) is 22.1 Å². The van der Waals surface area contributed by atoms with Gasteiger partial charge < -0.3 is 14.9 Å². The van der Waals surface area contributed by atoms with Crippen molar-refractivity contribution < 1.29 is 28.2 Å². The maximum absolute atomic E-state index is 13.5. The average Bonchev–Trinajstić information content (AvgIpc) is 2.82. The van der Waals surface area contributed by atoms with E-state index in [2.05, 4.69) is 10.5 Å². The van der Waals surface area contributed by atoms with Gasteiger partial charge in [0.2, 0.25) is 0 Å². The average molecular weight is 498 g/mol. The van der Waals surface area contributed by atoms with Gasteiger partial charge in [0.05, 0.1) is 22.9 Å². The summed E-state index contributed by atoms with van der Waals surface area (Å²) in [6.45, 7) is 5.18. The van der Waals surface area contributed by atoms with Crippen LogP contribution in [0, 0.1) is 6.92 Å². The number of benzene rings is 3. The number of phenols is 2. The Bertz CT molecular complexity index is 1320. The summed E-state index contributed by atoms with van der Waals surface area (Å²) in [4.78, 5) is 12.7. The number of nitrogens with zero attached hydrogens (tertiary/aromatic N) is 2. The number of phenolic OH excluding ortho intramolecular Hbond substituents is 2. The van der Waals surface area contributed by atoms with Gasteiger partial charge in [-0.2, -0.15) is 5.10 Å². The van der Waals surface area contributed by atoms with E-state index in [0.29, 0.717) is 23.6 Å². The molecule has 0 bridgehead atoms. The number of carbonyl (C=O) groups is 1. The molecule has 3 N–H and O–H groups in total. The first kappa shape index (κ1) is 25.6. The van der Waals surface area contributed by atoms with E-state index >= 15 is 0 Å². The zero-order valence-corrected chi connectivity index (χ0v) is 20.4. The second-order valence-corrected chi connectivity index (χ2v) is 9.55. The minimum absolute atomic E-state index is 0.00280. The molecule has 0 heterocycles. The Balaban J connectivity index is 1.87. The van der Waals surface area contributed by atoms with E-state index in [1.165, 1.54) is 24.3 Å². The smallest absolute Gasteiger partial charge is 0.264 e. The lowest BCUT2D eigenvalue weighted by molar-refractivity contribution is -0.119. The monoisotopic (exact) mass is 497 g/mol. The van der Waals surface area contributed by atoms with Crippen molar-refractivity contribution in [3.05, 3.63) is 77.9 Å². The molecular weight excluding hydrogens is 470 g/mol. The predicted molar refractivity (Wildman–Crippen MR) is 133 cm³/mol. The summed E-state index contributed by atoms with van der Waals surface area (Å²) in [7, 11) is -4.10. The lowest BCUT2D eigenvalue weighted by Crippen LogP contribution is -2.39. The molecular formula is C25H27N3O6S. The van der Waals surface area contributed by atoms with Crippen LogP contribution in [-0.2, 0) is 14.8 Å². The SMILES string of the molecule is CCOc1ccc(S(=O)(=O)N(CC(=O)NN=C(C)c2ccc(O)cc2O)c2ccc(C)cc2)cc1. The Morgan fingerprint density at radius 3 is 2.29 bits per heavy atom. The molecule has 3 aromatic carbocycles. The van der Waals surface area contributed by atoms with E-state index in [1.807, 2.05) is 13.8 Å². The molecule has 184 valence electrons. The third-order valence-electron chi connectivity index (χ3n) is 5.05. The highest BCUT2D eigenvalue weighted by Crippen LogP contribution is 2.26. The van der Waals surface area contributed by atoms with Crippen molar-refractivity contribution in [1.82, 2.24) is 5.43 Å². The number of amides is 1. The molecule has 0 aliphatic rings. The van der Waals surface area contributed by atoms with Crippen molar-refractivity contribution in [3.63, 3.8) is 0 Å². The van der Waals surface area contributed by atoms with Gasteiger partial charge in [-0.3, -0.25) is 9.10 Å². The Labute approximate surface area is 204 Å². The molecule has 0 unspecified atom stereocenters. The number of ether oxygens (including phenoxy) is 1. The van der Waals surface area contributed by atoms with Crippen molar-refractivity contribution in [2.24, 2.45) is 5.10 Å². The van der Waals surface area contributed by atoms with Gasteiger partial charge in [-0.15, -0.1) is 0 Å². The second-order valence-electron chi connectivity index (χ2n) is 7.69. The number of aromatic hydroxyl groups is 2. The van der Waals surface area contributed by atoms with E-state index in [0.717, 1.165) is 15.9 Å². The molecule has 0 aliphatic heterocycles. The van der Waals surface area contributed by atoms with Gasteiger partial charge in [-0.05, 0) is 69.3 Å². The summed E-state index contributed by atoms with van der Waals surface area (Å²) in [5, 5.41) is 23.4. The maximum atomic E-state index is 13.5. The lowest BCUT2D eigenvalue weighted by atomic mass is 10.1. The molecule has 0 radical (unpaired) electrons. The van der Waals surface area contributed by atoms with Gasteiger partial charge >= 0.3 is 0 Å². The number of nitrogens with one attached hydrogen (secondary N) is 1. The van der Waals surface area contributed by atoms with Crippen LogP contribution >= 0.6 is 0 Å². The molecule has 0 aliphatic carbocycles. The van der Waals surface area contributed by atoms with Gasteiger partial charge in [0, 0.05) is 11.6 Å². The van der Waals surface area contributed by atoms with Crippen molar-refractivity contribution in [2.45, 2.75) is 25.7 Å². The second kappa shape index (κ2) is 10.9. The fraction of sp³-hybridized carbons (Fsp3) is 0.200. The zero-order valence-electron chi connectivity index (χ0n) is 19.6. The van der Waals surface area contributed by atoms with Gasteiger partial charge in [0.25, 0.3) is 15.9 Å². The Morgan fingerprint density at radius 1 is 1.03 bits per heavy atom. The standard InChI is InChI=1S/C25H27N3O6S/c1-4-34-21-10-12-22(13-11-21)35(32,33)28(19-7-5-17(2)6-8-19)16-25(31)27-26-18(3)23-14-9-20(29)15-24(23)30/h5-15,29-30H,4,16H2,1-3H3,(H,27,31). The number of sulfonamides is 1. The predicted octanol–water partition coefficient (Wildman–Crippen LogP) is 3.54. The van der Waals surface area contributed by atoms with Crippen molar-refractivity contribution in [3.8, 4) is 17.2 Å². The molecule has 0 fully saturated rings. The summed E-state index contributed by atoms with van der Waals surface area (Å²) in [6, 6.07) is 16.7. The van der Waals surface area contributed by atoms with E-state index in [4.69, 9.17) is 4.74 Å². The molecule has 9 nitrogen and oxygen atoms in total. The quantitative estimate of drug-likeness (QED) is 0.306. The minimum atomic E-state index is -4.10.